The summed E-state index contributed by atoms with van der Waals surface area (Å²) in [5, 5.41) is 0. The van der Waals surface area contributed by atoms with Gasteiger partial charge in [0.15, 0.2) is 11.5 Å². The second kappa shape index (κ2) is 5.39. The molecule has 1 aromatic carbocycles. The summed E-state index contributed by atoms with van der Waals surface area (Å²) in [6.07, 6.45) is 2.00. The van der Waals surface area contributed by atoms with Crippen LogP contribution in [0.2, 0.25) is 0 Å². The number of nitrogens with zero attached hydrogens (tertiary/aromatic N) is 1. The van der Waals surface area contributed by atoms with E-state index in [2.05, 4.69) is 24.0 Å². The maximum Gasteiger partial charge on any atom is 0.161 e. The molecule has 1 aromatic rings. The zero-order valence-electron chi connectivity index (χ0n) is 11.5. The van der Waals surface area contributed by atoms with Crippen molar-refractivity contribution in [1.29, 1.82) is 0 Å². The number of fused-ring (bicyclic) bond motifs is 1. The van der Waals surface area contributed by atoms with E-state index in [1.54, 1.807) is 0 Å². The lowest BCUT2D eigenvalue weighted by molar-refractivity contribution is 0.259. The standard InChI is InChI=1S/C15H22N2O2/c1-2-17-7-6-12(16)15(17)11-4-5-13-14(10-11)19-9-3-8-18-13/h4-5,10,12,15H,2-3,6-9,16H2,1H3. The fraction of sp³-hybridized carbons (Fsp3) is 0.600. The van der Waals surface area contributed by atoms with Crippen LogP contribution >= 0.6 is 0 Å². The summed E-state index contributed by atoms with van der Waals surface area (Å²) in [4.78, 5) is 2.43. The summed E-state index contributed by atoms with van der Waals surface area (Å²) in [6.45, 7) is 5.76. The molecule has 0 aromatic heterocycles. The Hall–Kier alpha value is -1.26. The minimum Gasteiger partial charge on any atom is -0.490 e. The minimum absolute atomic E-state index is 0.213. The van der Waals surface area contributed by atoms with E-state index in [9.17, 15) is 0 Å². The molecule has 0 saturated carbocycles. The molecule has 2 heterocycles. The van der Waals surface area contributed by atoms with Crippen molar-refractivity contribution in [2.24, 2.45) is 5.73 Å². The van der Waals surface area contributed by atoms with Gasteiger partial charge in [-0.25, -0.2) is 0 Å². The number of nitrogens with two attached hydrogens (primary N) is 1. The second-order valence-electron chi connectivity index (χ2n) is 5.28. The van der Waals surface area contributed by atoms with Gasteiger partial charge < -0.3 is 15.2 Å². The van der Waals surface area contributed by atoms with Gasteiger partial charge in [0.25, 0.3) is 0 Å². The Morgan fingerprint density at radius 3 is 2.84 bits per heavy atom. The predicted octanol–water partition coefficient (Wildman–Crippen LogP) is 1.94. The molecule has 1 fully saturated rings. The second-order valence-corrected chi connectivity index (χ2v) is 5.28. The van der Waals surface area contributed by atoms with E-state index in [1.807, 2.05) is 6.07 Å². The van der Waals surface area contributed by atoms with E-state index >= 15 is 0 Å². The number of hydrogen-bond acceptors (Lipinski definition) is 4. The van der Waals surface area contributed by atoms with E-state index in [0.29, 0.717) is 6.04 Å². The van der Waals surface area contributed by atoms with E-state index in [1.165, 1.54) is 5.56 Å². The highest BCUT2D eigenvalue weighted by Gasteiger charge is 2.32. The number of rotatable bonds is 2. The van der Waals surface area contributed by atoms with Gasteiger partial charge in [-0.05, 0) is 30.7 Å². The topological polar surface area (TPSA) is 47.7 Å². The Bertz CT molecular complexity index is 450. The number of ether oxygens (including phenoxy) is 2. The summed E-state index contributed by atoms with van der Waals surface area (Å²) in [5.74, 6) is 1.72. The van der Waals surface area contributed by atoms with Crippen molar-refractivity contribution in [2.75, 3.05) is 26.3 Å². The molecule has 4 heteroatoms. The number of likely N-dealkylation sites (N-methyl/N-ethyl adjacent to an activating group) is 1. The highest BCUT2D eigenvalue weighted by molar-refractivity contribution is 5.44. The molecule has 2 aliphatic heterocycles. The molecular weight excluding hydrogens is 240 g/mol. The van der Waals surface area contributed by atoms with Crippen molar-refractivity contribution < 1.29 is 9.47 Å². The summed E-state index contributed by atoms with van der Waals surface area (Å²) in [6, 6.07) is 6.78. The third-order valence-electron chi connectivity index (χ3n) is 4.07. The van der Waals surface area contributed by atoms with E-state index in [-0.39, 0.29) is 6.04 Å². The molecule has 0 amide bonds. The van der Waals surface area contributed by atoms with Crippen molar-refractivity contribution in [3.8, 4) is 11.5 Å². The molecule has 4 nitrogen and oxygen atoms in total. The molecule has 104 valence electrons. The first-order valence-corrected chi connectivity index (χ1v) is 7.18. The zero-order valence-corrected chi connectivity index (χ0v) is 11.5. The summed E-state index contributed by atoms with van der Waals surface area (Å²) < 4.78 is 11.4. The van der Waals surface area contributed by atoms with E-state index < -0.39 is 0 Å². The molecule has 0 spiro atoms. The summed E-state index contributed by atoms with van der Waals surface area (Å²) in [7, 11) is 0. The van der Waals surface area contributed by atoms with Crippen LogP contribution in [-0.2, 0) is 0 Å². The smallest absolute Gasteiger partial charge is 0.161 e. The molecule has 19 heavy (non-hydrogen) atoms. The number of benzene rings is 1. The minimum atomic E-state index is 0.213. The highest BCUT2D eigenvalue weighted by Crippen LogP contribution is 2.37. The Labute approximate surface area is 114 Å². The molecule has 2 N–H and O–H groups in total. The Balaban J connectivity index is 1.90. The number of likely N-dealkylation sites (tertiary alicyclic amines) is 1. The average Bonchev–Trinajstić information content (AvgIpc) is 2.66. The van der Waals surface area contributed by atoms with Crippen LogP contribution in [0.25, 0.3) is 0 Å². The lowest BCUT2D eigenvalue weighted by Gasteiger charge is -2.26. The quantitative estimate of drug-likeness (QED) is 0.885. The average molecular weight is 262 g/mol. The Morgan fingerprint density at radius 1 is 1.26 bits per heavy atom. The van der Waals surface area contributed by atoms with Crippen LogP contribution in [-0.4, -0.2) is 37.2 Å². The largest absolute Gasteiger partial charge is 0.490 e. The van der Waals surface area contributed by atoms with Gasteiger partial charge in [-0.15, -0.1) is 0 Å². The highest BCUT2D eigenvalue weighted by atomic mass is 16.5. The fourth-order valence-corrected chi connectivity index (χ4v) is 3.06. The van der Waals surface area contributed by atoms with Crippen LogP contribution < -0.4 is 15.2 Å². The van der Waals surface area contributed by atoms with Crippen LogP contribution in [0.5, 0.6) is 11.5 Å². The normalized spacial score (nSPS) is 27.3. The van der Waals surface area contributed by atoms with Gasteiger partial charge in [0, 0.05) is 19.0 Å². The van der Waals surface area contributed by atoms with Crippen LogP contribution in [0, 0.1) is 0 Å². The molecule has 0 radical (unpaired) electrons. The number of hydrogen-bond donors (Lipinski definition) is 1. The van der Waals surface area contributed by atoms with Crippen molar-refractivity contribution in [2.45, 2.75) is 31.8 Å². The van der Waals surface area contributed by atoms with Gasteiger partial charge in [-0.1, -0.05) is 13.0 Å². The van der Waals surface area contributed by atoms with E-state index in [4.69, 9.17) is 15.2 Å². The Kier molecular flexibility index (Phi) is 3.62. The molecular formula is C15H22N2O2. The van der Waals surface area contributed by atoms with Crippen molar-refractivity contribution in [3.05, 3.63) is 23.8 Å². The van der Waals surface area contributed by atoms with Gasteiger partial charge in [0.1, 0.15) is 0 Å². The van der Waals surface area contributed by atoms with Crippen molar-refractivity contribution >= 4 is 0 Å². The maximum absolute atomic E-state index is 6.27. The lowest BCUT2D eigenvalue weighted by atomic mass is 10.0. The summed E-state index contributed by atoms with van der Waals surface area (Å²) >= 11 is 0. The van der Waals surface area contributed by atoms with Crippen molar-refractivity contribution in [3.63, 3.8) is 0 Å². The van der Waals surface area contributed by atoms with Gasteiger partial charge in [-0.2, -0.15) is 0 Å². The monoisotopic (exact) mass is 262 g/mol. The van der Waals surface area contributed by atoms with Crippen LogP contribution in [0.1, 0.15) is 31.4 Å². The molecule has 2 unspecified atom stereocenters. The third-order valence-corrected chi connectivity index (χ3v) is 4.07. The van der Waals surface area contributed by atoms with Gasteiger partial charge in [0.2, 0.25) is 0 Å². The SMILES string of the molecule is CCN1CCC(N)C1c1ccc2c(c1)OCCCO2. The van der Waals surface area contributed by atoms with Crippen LogP contribution in [0.4, 0.5) is 0 Å². The summed E-state index contributed by atoms with van der Waals surface area (Å²) in [5.41, 5.74) is 7.52. The maximum atomic E-state index is 6.27. The molecule has 2 atom stereocenters. The molecule has 1 saturated heterocycles. The predicted molar refractivity (Wildman–Crippen MR) is 74.6 cm³/mol. The van der Waals surface area contributed by atoms with Crippen LogP contribution in [0.3, 0.4) is 0 Å². The molecule has 2 aliphatic rings. The van der Waals surface area contributed by atoms with Gasteiger partial charge in [-0.3, -0.25) is 4.90 Å². The zero-order chi connectivity index (χ0) is 13.2. The molecule has 0 bridgehead atoms. The first-order valence-electron chi connectivity index (χ1n) is 7.18. The Morgan fingerprint density at radius 2 is 2.05 bits per heavy atom. The van der Waals surface area contributed by atoms with Gasteiger partial charge in [0.05, 0.1) is 19.3 Å². The fourth-order valence-electron chi connectivity index (χ4n) is 3.06. The lowest BCUT2D eigenvalue weighted by Crippen LogP contribution is -2.31. The van der Waals surface area contributed by atoms with Gasteiger partial charge >= 0.3 is 0 Å². The van der Waals surface area contributed by atoms with Crippen molar-refractivity contribution in [1.82, 2.24) is 4.90 Å². The molecule has 3 rings (SSSR count). The van der Waals surface area contributed by atoms with E-state index in [0.717, 1.165) is 50.6 Å². The first-order chi connectivity index (χ1) is 9.29. The first kappa shape index (κ1) is 12.8. The van der Waals surface area contributed by atoms with Crippen LogP contribution in [0.15, 0.2) is 18.2 Å². The molecule has 0 aliphatic carbocycles. The third kappa shape index (κ3) is 2.42.